The van der Waals surface area contributed by atoms with Crippen LogP contribution in [0.2, 0.25) is 0 Å². The van der Waals surface area contributed by atoms with Gasteiger partial charge in [-0.15, -0.1) is 11.3 Å². The molecule has 0 saturated carbocycles. The van der Waals surface area contributed by atoms with E-state index < -0.39 is 22.1 Å². The molecule has 8 heteroatoms. The molecule has 0 aromatic carbocycles. The molecule has 102 valence electrons. The van der Waals surface area contributed by atoms with Gasteiger partial charge in [0.2, 0.25) is 10.0 Å². The molecule has 18 heavy (non-hydrogen) atoms. The summed E-state index contributed by atoms with van der Waals surface area (Å²) in [6.07, 6.45) is -0.259. The molecule has 1 rings (SSSR count). The quantitative estimate of drug-likeness (QED) is 0.810. The maximum atomic E-state index is 12.0. The summed E-state index contributed by atoms with van der Waals surface area (Å²) in [5.41, 5.74) is 0. The van der Waals surface area contributed by atoms with Gasteiger partial charge in [0.25, 0.3) is 0 Å². The Bertz CT molecular complexity index is 520. The van der Waals surface area contributed by atoms with Crippen LogP contribution in [0, 0.1) is 0 Å². The zero-order valence-corrected chi connectivity index (χ0v) is 11.7. The highest BCUT2D eigenvalue weighted by molar-refractivity contribution is 7.89. The van der Waals surface area contributed by atoms with Gasteiger partial charge in [-0.1, -0.05) is 0 Å². The van der Waals surface area contributed by atoms with Crippen LogP contribution in [-0.4, -0.2) is 48.6 Å². The largest absolute Gasteiger partial charge is 0.477 e. The molecular weight excluding hydrogens is 278 g/mol. The summed E-state index contributed by atoms with van der Waals surface area (Å²) in [5.74, 6) is -1.15. The summed E-state index contributed by atoms with van der Waals surface area (Å²) in [7, 11) is -2.28. The second-order valence-corrected chi connectivity index (χ2v) is 6.87. The molecule has 0 spiro atoms. The lowest BCUT2D eigenvalue weighted by Gasteiger charge is -2.16. The molecule has 0 amide bonds. The first-order valence-corrected chi connectivity index (χ1v) is 7.53. The van der Waals surface area contributed by atoms with Crippen molar-refractivity contribution in [3.8, 4) is 0 Å². The van der Waals surface area contributed by atoms with E-state index in [9.17, 15) is 13.2 Å². The average Bonchev–Trinajstić information content (AvgIpc) is 2.75. The standard InChI is InChI=1S/C10H15NO5S2/c1-7(12)3-4-11(2)18(15,16)8-5-9(10(13)14)17-6-8/h5-7,12H,3-4H2,1-2H3,(H,13,14). The monoisotopic (exact) mass is 293 g/mol. The van der Waals surface area contributed by atoms with Crippen molar-refractivity contribution < 1.29 is 23.4 Å². The Morgan fingerprint density at radius 1 is 1.56 bits per heavy atom. The fraction of sp³-hybridized carbons (Fsp3) is 0.500. The van der Waals surface area contributed by atoms with Gasteiger partial charge in [0.1, 0.15) is 4.88 Å². The highest BCUT2D eigenvalue weighted by Crippen LogP contribution is 2.22. The highest BCUT2D eigenvalue weighted by Gasteiger charge is 2.23. The molecule has 1 unspecified atom stereocenters. The van der Waals surface area contributed by atoms with Crippen LogP contribution in [0.5, 0.6) is 0 Å². The minimum Gasteiger partial charge on any atom is -0.477 e. The van der Waals surface area contributed by atoms with Crippen LogP contribution < -0.4 is 0 Å². The minimum atomic E-state index is -3.68. The SMILES string of the molecule is CC(O)CCN(C)S(=O)(=O)c1csc(C(=O)O)c1. The van der Waals surface area contributed by atoms with Crippen LogP contribution in [0.25, 0.3) is 0 Å². The first kappa shape index (κ1) is 15.1. The third kappa shape index (κ3) is 3.52. The van der Waals surface area contributed by atoms with Gasteiger partial charge in [0, 0.05) is 19.0 Å². The van der Waals surface area contributed by atoms with Crippen LogP contribution in [0.1, 0.15) is 23.0 Å². The third-order valence-corrected chi connectivity index (χ3v) is 5.26. The molecule has 0 aliphatic rings. The molecule has 1 heterocycles. The fourth-order valence-corrected chi connectivity index (χ4v) is 3.52. The number of carboxylic acid groups (broad SMARTS) is 1. The number of hydrogen-bond acceptors (Lipinski definition) is 5. The predicted molar refractivity (Wildman–Crippen MR) is 67.4 cm³/mol. The van der Waals surface area contributed by atoms with Gasteiger partial charge in [-0.05, 0) is 19.4 Å². The van der Waals surface area contributed by atoms with E-state index in [1.165, 1.54) is 12.4 Å². The van der Waals surface area contributed by atoms with Crippen molar-refractivity contribution in [1.82, 2.24) is 4.31 Å². The van der Waals surface area contributed by atoms with E-state index >= 15 is 0 Å². The Kier molecular flexibility index (Phi) is 4.85. The van der Waals surface area contributed by atoms with E-state index in [0.717, 1.165) is 21.7 Å². The number of aliphatic hydroxyl groups excluding tert-OH is 1. The summed E-state index contributed by atoms with van der Waals surface area (Å²) in [5, 5.41) is 19.2. The van der Waals surface area contributed by atoms with E-state index in [-0.39, 0.29) is 16.3 Å². The number of carbonyl (C=O) groups is 1. The van der Waals surface area contributed by atoms with Gasteiger partial charge in [0.15, 0.2) is 0 Å². The molecule has 1 aromatic heterocycles. The topological polar surface area (TPSA) is 94.9 Å². The molecule has 0 aliphatic heterocycles. The van der Waals surface area contributed by atoms with Crippen LogP contribution in [0.15, 0.2) is 16.3 Å². The summed E-state index contributed by atoms with van der Waals surface area (Å²) in [6, 6.07) is 1.14. The van der Waals surface area contributed by atoms with Crippen molar-refractivity contribution in [1.29, 1.82) is 0 Å². The Hall–Kier alpha value is -0.960. The Balaban J connectivity index is 2.87. The molecular formula is C10H15NO5S2. The molecule has 0 fully saturated rings. The maximum Gasteiger partial charge on any atom is 0.345 e. The number of nitrogens with zero attached hydrogens (tertiary/aromatic N) is 1. The van der Waals surface area contributed by atoms with Gasteiger partial charge in [-0.3, -0.25) is 0 Å². The zero-order chi connectivity index (χ0) is 13.9. The number of carboxylic acids is 1. The Morgan fingerprint density at radius 3 is 2.61 bits per heavy atom. The zero-order valence-electron chi connectivity index (χ0n) is 10.0. The second kappa shape index (κ2) is 5.79. The Labute approximate surface area is 110 Å². The van der Waals surface area contributed by atoms with Gasteiger partial charge >= 0.3 is 5.97 Å². The van der Waals surface area contributed by atoms with Crippen molar-refractivity contribution in [3.05, 3.63) is 16.3 Å². The van der Waals surface area contributed by atoms with Crippen LogP contribution in [0.3, 0.4) is 0 Å². The fourth-order valence-electron chi connectivity index (χ4n) is 1.23. The highest BCUT2D eigenvalue weighted by atomic mass is 32.2. The molecule has 6 nitrogen and oxygen atoms in total. The number of sulfonamides is 1. The molecule has 0 aliphatic carbocycles. The second-order valence-electron chi connectivity index (χ2n) is 3.92. The lowest BCUT2D eigenvalue weighted by Crippen LogP contribution is -2.29. The molecule has 2 N–H and O–H groups in total. The predicted octanol–water partition coefficient (Wildman–Crippen LogP) is 0.838. The van der Waals surface area contributed by atoms with Crippen LogP contribution >= 0.6 is 11.3 Å². The van der Waals surface area contributed by atoms with Crippen molar-refractivity contribution >= 4 is 27.3 Å². The molecule has 1 atom stereocenters. The van der Waals surface area contributed by atoms with E-state index in [4.69, 9.17) is 10.2 Å². The first-order valence-electron chi connectivity index (χ1n) is 5.21. The van der Waals surface area contributed by atoms with Gasteiger partial charge in [0.05, 0.1) is 11.0 Å². The molecule has 0 saturated heterocycles. The third-order valence-electron chi connectivity index (χ3n) is 2.36. The molecule has 0 radical (unpaired) electrons. The van der Waals surface area contributed by atoms with Crippen LogP contribution in [-0.2, 0) is 10.0 Å². The summed E-state index contributed by atoms with van der Waals surface area (Å²) < 4.78 is 25.2. The van der Waals surface area contributed by atoms with Crippen LogP contribution in [0.4, 0.5) is 0 Å². The number of thiophene rings is 1. The normalized spacial score (nSPS) is 13.8. The van der Waals surface area contributed by atoms with Gasteiger partial charge in [-0.2, -0.15) is 0 Å². The van der Waals surface area contributed by atoms with E-state index in [1.54, 1.807) is 6.92 Å². The summed E-state index contributed by atoms with van der Waals surface area (Å²) >= 11 is 0.872. The summed E-state index contributed by atoms with van der Waals surface area (Å²) in [4.78, 5) is 10.6. The van der Waals surface area contributed by atoms with E-state index in [0.29, 0.717) is 6.42 Å². The molecule has 0 bridgehead atoms. The smallest absolute Gasteiger partial charge is 0.345 e. The first-order chi connectivity index (χ1) is 8.25. The average molecular weight is 293 g/mol. The number of aromatic carboxylic acids is 1. The van der Waals surface area contributed by atoms with Gasteiger partial charge < -0.3 is 10.2 Å². The number of hydrogen-bond donors (Lipinski definition) is 2. The minimum absolute atomic E-state index is 0.0162. The van der Waals surface area contributed by atoms with Gasteiger partial charge in [-0.25, -0.2) is 17.5 Å². The van der Waals surface area contributed by atoms with E-state index in [2.05, 4.69) is 0 Å². The number of rotatable bonds is 6. The lowest BCUT2D eigenvalue weighted by atomic mass is 10.3. The summed E-state index contributed by atoms with van der Waals surface area (Å²) in [6.45, 7) is 1.76. The lowest BCUT2D eigenvalue weighted by molar-refractivity contribution is 0.0702. The van der Waals surface area contributed by atoms with Crippen molar-refractivity contribution in [3.63, 3.8) is 0 Å². The van der Waals surface area contributed by atoms with Crippen molar-refractivity contribution in [2.75, 3.05) is 13.6 Å². The van der Waals surface area contributed by atoms with E-state index in [1.807, 2.05) is 0 Å². The van der Waals surface area contributed by atoms with Crippen molar-refractivity contribution in [2.24, 2.45) is 0 Å². The maximum absolute atomic E-state index is 12.0. The molecule has 1 aromatic rings. The Morgan fingerprint density at radius 2 is 2.17 bits per heavy atom. The van der Waals surface area contributed by atoms with Crippen molar-refractivity contribution in [2.45, 2.75) is 24.3 Å². The number of aliphatic hydroxyl groups is 1.